The van der Waals surface area contributed by atoms with E-state index in [1.165, 1.54) is 0 Å². The molecule has 0 saturated heterocycles. The molecule has 1 aliphatic carbocycles. The SMILES string of the molecule is CCOc1ccc(NC(=O)C2C=CC(N)C2)c(C)c1. The third-order valence-corrected chi connectivity index (χ3v) is 3.22. The second-order valence-electron chi connectivity index (χ2n) is 4.79. The molecule has 0 aromatic heterocycles. The minimum atomic E-state index is -0.124. The van der Waals surface area contributed by atoms with Crippen LogP contribution in [0.15, 0.2) is 30.4 Å². The number of amides is 1. The van der Waals surface area contributed by atoms with E-state index in [-0.39, 0.29) is 17.9 Å². The fourth-order valence-electron chi connectivity index (χ4n) is 2.18. The first-order chi connectivity index (χ1) is 9.10. The molecular formula is C15H20N2O2. The van der Waals surface area contributed by atoms with E-state index in [1.807, 2.05) is 44.2 Å². The molecule has 1 aromatic carbocycles. The lowest BCUT2D eigenvalue weighted by molar-refractivity contribution is -0.118. The van der Waals surface area contributed by atoms with E-state index in [4.69, 9.17) is 10.5 Å². The lowest BCUT2D eigenvalue weighted by atomic mass is 10.1. The summed E-state index contributed by atoms with van der Waals surface area (Å²) in [5.41, 5.74) is 7.57. The van der Waals surface area contributed by atoms with Crippen molar-refractivity contribution in [1.29, 1.82) is 0 Å². The van der Waals surface area contributed by atoms with Crippen LogP contribution in [0.25, 0.3) is 0 Å². The maximum Gasteiger partial charge on any atom is 0.231 e. The summed E-state index contributed by atoms with van der Waals surface area (Å²) in [6, 6.07) is 5.66. The van der Waals surface area contributed by atoms with Crippen LogP contribution in [-0.4, -0.2) is 18.6 Å². The zero-order valence-corrected chi connectivity index (χ0v) is 11.3. The molecule has 19 heavy (non-hydrogen) atoms. The molecule has 0 saturated carbocycles. The normalized spacial score (nSPS) is 21.4. The van der Waals surface area contributed by atoms with Crippen molar-refractivity contribution in [2.75, 3.05) is 11.9 Å². The quantitative estimate of drug-likeness (QED) is 0.816. The number of nitrogens with one attached hydrogen (secondary N) is 1. The van der Waals surface area contributed by atoms with Crippen molar-refractivity contribution >= 4 is 11.6 Å². The van der Waals surface area contributed by atoms with Gasteiger partial charge in [-0.1, -0.05) is 12.2 Å². The number of carbonyl (C=O) groups is 1. The lowest BCUT2D eigenvalue weighted by Crippen LogP contribution is -2.24. The summed E-state index contributed by atoms with van der Waals surface area (Å²) in [6.07, 6.45) is 4.45. The van der Waals surface area contributed by atoms with Gasteiger partial charge in [-0.25, -0.2) is 0 Å². The smallest absolute Gasteiger partial charge is 0.231 e. The third kappa shape index (κ3) is 3.35. The Kier molecular flexibility index (Phi) is 4.22. The summed E-state index contributed by atoms with van der Waals surface area (Å²) in [6.45, 7) is 4.53. The van der Waals surface area contributed by atoms with E-state index in [0.29, 0.717) is 13.0 Å². The molecule has 0 spiro atoms. The highest BCUT2D eigenvalue weighted by Crippen LogP contribution is 2.24. The van der Waals surface area contributed by atoms with E-state index in [2.05, 4.69) is 5.32 Å². The highest BCUT2D eigenvalue weighted by Gasteiger charge is 2.22. The Morgan fingerprint density at radius 2 is 2.26 bits per heavy atom. The van der Waals surface area contributed by atoms with Crippen LogP contribution in [-0.2, 0) is 4.79 Å². The number of hydrogen-bond acceptors (Lipinski definition) is 3. The van der Waals surface area contributed by atoms with Gasteiger partial charge in [0.05, 0.1) is 12.5 Å². The second kappa shape index (κ2) is 5.89. The van der Waals surface area contributed by atoms with Crippen molar-refractivity contribution < 1.29 is 9.53 Å². The van der Waals surface area contributed by atoms with Gasteiger partial charge in [-0.15, -0.1) is 0 Å². The maximum atomic E-state index is 12.1. The second-order valence-corrected chi connectivity index (χ2v) is 4.79. The topological polar surface area (TPSA) is 64.3 Å². The predicted molar refractivity (Wildman–Crippen MR) is 76.2 cm³/mol. The minimum absolute atomic E-state index is 0.00261. The molecule has 3 N–H and O–H groups in total. The van der Waals surface area contributed by atoms with E-state index >= 15 is 0 Å². The van der Waals surface area contributed by atoms with Crippen molar-refractivity contribution in [1.82, 2.24) is 0 Å². The maximum absolute atomic E-state index is 12.1. The Balaban J connectivity index is 2.03. The van der Waals surface area contributed by atoms with E-state index in [0.717, 1.165) is 17.0 Å². The monoisotopic (exact) mass is 260 g/mol. The fourth-order valence-corrected chi connectivity index (χ4v) is 2.18. The molecule has 0 aliphatic heterocycles. The van der Waals surface area contributed by atoms with Crippen LogP contribution in [0.2, 0.25) is 0 Å². The van der Waals surface area contributed by atoms with E-state index in [1.54, 1.807) is 0 Å². The highest BCUT2D eigenvalue weighted by atomic mass is 16.5. The number of rotatable bonds is 4. The number of hydrogen-bond donors (Lipinski definition) is 2. The molecule has 4 heteroatoms. The van der Waals surface area contributed by atoms with Gasteiger partial charge in [0.15, 0.2) is 0 Å². The first kappa shape index (κ1) is 13.6. The summed E-state index contributed by atoms with van der Waals surface area (Å²) in [4.78, 5) is 12.1. The van der Waals surface area contributed by atoms with Crippen LogP contribution in [0.1, 0.15) is 18.9 Å². The molecule has 1 aromatic rings. The molecule has 0 bridgehead atoms. The molecule has 1 amide bonds. The zero-order chi connectivity index (χ0) is 13.8. The largest absolute Gasteiger partial charge is 0.494 e. The molecule has 102 valence electrons. The summed E-state index contributed by atoms with van der Waals surface area (Å²) >= 11 is 0. The van der Waals surface area contributed by atoms with Gasteiger partial charge in [-0.3, -0.25) is 4.79 Å². The van der Waals surface area contributed by atoms with Crippen LogP contribution >= 0.6 is 0 Å². The van der Waals surface area contributed by atoms with Crippen LogP contribution in [0.4, 0.5) is 5.69 Å². The molecule has 2 unspecified atom stereocenters. The van der Waals surface area contributed by atoms with Gasteiger partial charge in [-0.2, -0.15) is 0 Å². The Labute approximate surface area is 113 Å². The van der Waals surface area contributed by atoms with Gasteiger partial charge < -0.3 is 15.8 Å². The van der Waals surface area contributed by atoms with Gasteiger partial charge in [0, 0.05) is 11.7 Å². The van der Waals surface area contributed by atoms with Gasteiger partial charge in [0.2, 0.25) is 5.91 Å². The zero-order valence-electron chi connectivity index (χ0n) is 11.3. The Bertz CT molecular complexity index is 497. The van der Waals surface area contributed by atoms with Gasteiger partial charge in [-0.05, 0) is 44.0 Å². The van der Waals surface area contributed by atoms with Crippen LogP contribution in [0.3, 0.4) is 0 Å². The molecular weight excluding hydrogens is 240 g/mol. The molecule has 0 fully saturated rings. The number of nitrogens with two attached hydrogens (primary N) is 1. The fraction of sp³-hybridized carbons (Fsp3) is 0.400. The number of anilines is 1. The van der Waals surface area contributed by atoms with Crippen molar-refractivity contribution in [3.63, 3.8) is 0 Å². The lowest BCUT2D eigenvalue weighted by Gasteiger charge is -2.13. The van der Waals surface area contributed by atoms with Crippen LogP contribution in [0.5, 0.6) is 5.75 Å². The van der Waals surface area contributed by atoms with Gasteiger partial charge in [0.25, 0.3) is 0 Å². The predicted octanol–water partition coefficient (Wildman–Crippen LogP) is 2.24. The molecule has 1 aliphatic rings. The first-order valence-corrected chi connectivity index (χ1v) is 6.58. The first-order valence-electron chi connectivity index (χ1n) is 6.58. The van der Waals surface area contributed by atoms with Crippen molar-refractivity contribution in [2.24, 2.45) is 11.7 Å². The van der Waals surface area contributed by atoms with Crippen LogP contribution < -0.4 is 15.8 Å². The standard InChI is InChI=1S/C15H20N2O2/c1-3-19-13-6-7-14(10(2)8-13)17-15(18)11-4-5-12(16)9-11/h4-8,11-12H,3,9,16H2,1-2H3,(H,17,18). The molecule has 0 heterocycles. The summed E-state index contributed by atoms with van der Waals surface area (Å²) in [5, 5.41) is 2.94. The van der Waals surface area contributed by atoms with Crippen molar-refractivity contribution in [3.05, 3.63) is 35.9 Å². The number of benzene rings is 1. The average Bonchev–Trinajstić information content (AvgIpc) is 2.80. The van der Waals surface area contributed by atoms with Crippen LogP contribution in [0, 0.1) is 12.8 Å². The van der Waals surface area contributed by atoms with Crippen molar-refractivity contribution in [2.45, 2.75) is 26.3 Å². The number of ether oxygens (including phenoxy) is 1. The van der Waals surface area contributed by atoms with Crippen molar-refractivity contribution in [3.8, 4) is 5.75 Å². The van der Waals surface area contributed by atoms with Gasteiger partial charge >= 0.3 is 0 Å². The summed E-state index contributed by atoms with van der Waals surface area (Å²) in [5.74, 6) is 0.693. The summed E-state index contributed by atoms with van der Waals surface area (Å²) in [7, 11) is 0. The molecule has 4 nitrogen and oxygen atoms in total. The van der Waals surface area contributed by atoms with E-state index < -0.39 is 0 Å². The minimum Gasteiger partial charge on any atom is -0.494 e. The Hall–Kier alpha value is -1.81. The molecule has 2 rings (SSSR count). The molecule has 0 radical (unpaired) electrons. The average molecular weight is 260 g/mol. The summed E-state index contributed by atoms with van der Waals surface area (Å²) < 4.78 is 5.42. The van der Waals surface area contributed by atoms with Gasteiger partial charge in [0.1, 0.15) is 5.75 Å². The van der Waals surface area contributed by atoms with E-state index in [9.17, 15) is 4.79 Å². The highest BCUT2D eigenvalue weighted by molar-refractivity contribution is 5.94. The third-order valence-electron chi connectivity index (χ3n) is 3.22. The number of aryl methyl sites for hydroxylation is 1. The Morgan fingerprint density at radius 1 is 1.47 bits per heavy atom. The molecule has 2 atom stereocenters. The number of carbonyl (C=O) groups excluding carboxylic acids is 1. The Morgan fingerprint density at radius 3 is 2.84 bits per heavy atom.